The van der Waals surface area contributed by atoms with Crippen molar-refractivity contribution in [3.8, 4) is 5.75 Å². The van der Waals surface area contributed by atoms with Gasteiger partial charge in [0.25, 0.3) is 0 Å². The van der Waals surface area contributed by atoms with Crippen LogP contribution in [0.3, 0.4) is 0 Å². The van der Waals surface area contributed by atoms with E-state index in [1.165, 1.54) is 38.8 Å². The number of carbonyl (C=O) groups is 2. The van der Waals surface area contributed by atoms with Gasteiger partial charge in [0, 0.05) is 17.9 Å². The van der Waals surface area contributed by atoms with Gasteiger partial charge in [-0.15, -0.1) is 0 Å². The van der Waals surface area contributed by atoms with Crippen LogP contribution in [0.2, 0.25) is 0 Å². The maximum Gasteiger partial charge on any atom is 0.313 e. The molecule has 29 heavy (non-hydrogen) atoms. The molecule has 0 spiro atoms. The summed E-state index contributed by atoms with van der Waals surface area (Å²) in [4.78, 5) is 25.0. The second kappa shape index (κ2) is 8.34. The Morgan fingerprint density at radius 1 is 1.17 bits per heavy atom. The standard InChI is InChI=1S/C23H32NO5/c1-24-12-6-5-10-19(24)16(8-7-13-24)15-28-23(26)18-14-21(25)29-22(18)17-9-3-4-11-20(17)27-2/h3-4,9,11,16,18-19,22H,5-8,10,12-15H2,1-2H3/q+1/t16-,18+,19+,22+,24-/m0/s1. The highest BCUT2D eigenvalue weighted by molar-refractivity contribution is 5.84. The van der Waals surface area contributed by atoms with E-state index in [2.05, 4.69) is 7.05 Å². The van der Waals surface area contributed by atoms with Crippen LogP contribution in [0.4, 0.5) is 0 Å². The lowest BCUT2D eigenvalue weighted by molar-refractivity contribution is -0.947. The van der Waals surface area contributed by atoms with Crippen molar-refractivity contribution >= 4 is 11.9 Å². The van der Waals surface area contributed by atoms with Gasteiger partial charge in [-0.3, -0.25) is 9.59 Å². The summed E-state index contributed by atoms with van der Waals surface area (Å²) in [5.41, 5.74) is 0.719. The van der Waals surface area contributed by atoms with E-state index in [0.717, 1.165) is 16.5 Å². The number of methoxy groups -OCH3 is 1. The third-order valence-corrected chi connectivity index (χ3v) is 7.21. The molecule has 5 atom stereocenters. The van der Waals surface area contributed by atoms with E-state index in [1.54, 1.807) is 7.11 Å². The summed E-state index contributed by atoms with van der Waals surface area (Å²) in [6, 6.07) is 7.95. The molecule has 158 valence electrons. The van der Waals surface area contributed by atoms with Crippen molar-refractivity contribution in [3.05, 3.63) is 29.8 Å². The highest BCUT2D eigenvalue weighted by atomic mass is 16.6. The average molecular weight is 403 g/mol. The predicted octanol–water partition coefficient (Wildman–Crippen LogP) is 3.25. The number of ether oxygens (including phenoxy) is 3. The molecule has 0 radical (unpaired) electrons. The Bertz CT molecular complexity index is 761. The van der Waals surface area contributed by atoms with Crippen molar-refractivity contribution < 1.29 is 28.3 Å². The van der Waals surface area contributed by atoms with Gasteiger partial charge in [-0.1, -0.05) is 18.2 Å². The largest absolute Gasteiger partial charge is 0.496 e. The summed E-state index contributed by atoms with van der Waals surface area (Å²) in [6.45, 7) is 2.91. The summed E-state index contributed by atoms with van der Waals surface area (Å²) in [6.07, 6.45) is 5.49. The number of hydrogen-bond acceptors (Lipinski definition) is 5. The van der Waals surface area contributed by atoms with Crippen LogP contribution in [0.1, 0.15) is 50.2 Å². The van der Waals surface area contributed by atoms with Crippen molar-refractivity contribution in [2.24, 2.45) is 11.8 Å². The molecule has 3 fully saturated rings. The molecule has 4 rings (SSSR count). The van der Waals surface area contributed by atoms with Crippen molar-refractivity contribution in [2.45, 2.75) is 50.7 Å². The van der Waals surface area contributed by atoms with E-state index in [4.69, 9.17) is 14.2 Å². The third-order valence-electron chi connectivity index (χ3n) is 7.21. The van der Waals surface area contributed by atoms with Crippen LogP contribution in [-0.4, -0.2) is 56.3 Å². The fraction of sp³-hybridized carbons (Fsp3) is 0.652. The second-order valence-corrected chi connectivity index (χ2v) is 8.99. The van der Waals surface area contributed by atoms with Gasteiger partial charge >= 0.3 is 11.9 Å². The van der Waals surface area contributed by atoms with E-state index in [1.807, 2.05) is 24.3 Å². The van der Waals surface area contributed by atoms with Crippen LogP contribution in [0.15, 0.2) is 24.3 Å². The molecule has 0 unspecified atom stereocenters. The van der Waals surface area contributed by atoms with Crippen LogP contribution < -0.4 is 4.74 Å². The first-order chi connectivity index (χ1) is 14.0. The van der Waals surface area contributed by atoms with Gasteiger partial charge in [-0.05, 0) is 31.7 Å². The Morgan fingerprint density at radius 2 is 1.97 bits per heavy atom. The van der Waals surface area contributed by atoms with E-state index in [-0.39, 0.29) is 18.4 Å². The highest BCUT2D eigenvalue weighted by Crippen LogP contribution is 2.41. The van der Waals surface area contributed by atoms with Crippen molar-refractivity contribution in [3.63, 3.8) is 0 Å². The zero-order chi connectivity index (χ0) is 20.4. The van der Waals surface area contributed by atoms with E-state index in [0.29, 0.717) is 24.3 Å². The molecule has 3 aliphatic rings. The summed E-state index contributed by atoms with van der Waals surface area (Å²) < 4.78 is 17.8. The number of fused-ring (bicyclic) bond motifs is 1. The first kappa shape index (κ1) is 20.2. The number of nitrogens with zero attached hydrogens (tertiary/aromatic N) is 1. The Morgan fingerprint density at radius 3 is 2.79 bits per heavy atom. The molecule has 3 saturated heterocycles. The predicted molar refractivity (Wildman–Crippen MR) is 107 cm³/mol. The second-order valence-electron chi connectivity index (χ2n) is 8.99. The van der Waals surface area contributed by atoms with Crippen LogP contribution in [0, 0.1) is 11.8 Å². The van der Waals surface area contributed by atoms with Crippen LogP contribution >= 0.6 is 0 Å². The molecule has 0 saturated carbocycles. The quantitative estimate of drug-likeness (QED) is 0.559. The number of carbonyl (C=O) groups excluding carboxylic acids is 2. The van der Waals surface area contributed by atoms with Gasteiger partial charge in [-0.25, -0.2) is 0 Å². The number of esters is 2. The molecule has 0 aromatic heterocycles. The average Bonchev–Trinajstić information content (AvgIpc) is 3.13. The van der Waals surface area contributed by atoms with Gasteiger partial charge in [-0.2, -0.15) is 0 Å². The summed E-state index contributed by atoms with van der Waals surface area (Å²) in [7, 11) is 3.93. The number of benzene rings is 1. The van der Waals surface area contributed by atoms with Crippen molar-refractivity contribution in [1.82, 2.24) is 0 Å². The maximum atomic E-state index is 13.0. The molecule has 6 nitrogen and oxygen atoms in total. The Hall–Kier alpha value is -2.08. The summed E-state index contributed by atoms with van der Waals surface area (Å²) >= 11 is 0. The van der Waals surface area contributed by atoms with Gasteiger partial charge in [0.05, 0.1) is 46.3 Å². The number of quaternary nitrogens is 1. The topological polar surface area (TPSA) is 61.8 Å². The SMILES string of the molecule is COc1ccccc1[C@H]1OC(=O)C[C@H]1C(=O)OC[C@@H]1CCC[N@+]2(C)CCCC[C@H]12. The lowest BCUT2D eigenvalue weighted by Crippen LogP contribution is -2.61. The molecule has 6 heteroatoms. The first-order valence-corrected chi connectivity index (χ1v) is 10.8. The van der Waals surface area contributed by atoms with Gasteiger partial charge in [0.2, 0.25) is 0 Å². The van der Waals surface area contributed by atoms with E-state index < -0.39 is 12.0 Å². The monoisotopic (exact) mass is 402 g/mol. The fourth-order valence-corrected chi connectivity index (χ4v) is 5.67. The minimum atomic E-state index is -0.645. The minimum absolute atomic E-state index is 0.0589. The first-order valence-electron chi connectivity index (χ1n) is 10.8. The third kappa shape index (κ3) is 4.00. The number of hydrogen-bond donors (Lipinski definition) is 0. The number of rotatable bonds is 5. The van der Waals surface area contributed by atoms with Crippen LogP contribution in [0.5, 0.6) is 5.75 Å². The molecular formula is C23H32NO5+. The van der Waals surface area contributed by atoms with E-state index >= 15 is 0 Å². The molecular weight excluding hydrogens is 370 g/mol. The Labute approximate surface area is 172 Å². The summed E-state index contributed by atoms with van der Waals surface area (Å²) in [5, 5.41) is 0. The highest BCUT2D eigenvalue weighted by Gasteiger charge is 2.46. The number of para-hydroxylation sites is 1. The Balaban J connectivity index is 1.44. The van der Waals surface area contributed by atoms with Gasteiger partial charge in [0.15, 0.2) is 0 Å². The summed E-state index contributed by atoms with van der Waals surface area (Å²) in [5.74, 6) is -0.290. The number of piperidine rings is 2. The maximum absolute atomic E-state index is 13.0. The van der Waals surface area contributed by atoms with Crippen LogP contribution in [-0.2, 0) is 19.1 Å². The van der Waals surface area contributed by atoms with Crippen molar-refractivity contribution in [1.29, 1.82) is 0 Å². The normalized spacial score (nSPS) is 34.2. The molecule has 0 bridgehead atoms. The van der Waals surface area contributed by atoms with E-state index in [9.17, 15) is 9.59 Å². The molecule has 0 amide bonds. The molecule has 3 heterocycles. The fourth-order valence-electron chi connectivity index (χ4n) is 5.67. The smallest absolute Gasteiger partial charge is 0.313 e. The lowest BCUT2D eigenvalue weighted by Gasteiger charge is -2.51. The zero-order valence-electron chi connectivity index (χ0n) is 17.5. The molecule has 3 aliphatic heterocycles. The van der Waals surface area contributed by atoms with Gasteiger partial charge < -0.3 is 18.7 Å². The molecule has 1 aromatic rings. The zero-order valence-corrected chi connectivity index (χ0v) is 17.5. The molecule has 0 aliphatic carbocycles. The molecule has 0 N–H and O–H groups in total. The Kier molecular flexibility index (Phi) is 5.81. The molecule has 1 aromatic carbocycles. The lowest BCUT2D eigenvalue weighted by atomic mass is 9.82. The minimum Gasteiger partial charge on any atom is -0.496 e. The van der Waals surface area contributed by atoms with Crippen LogP contribution in [0.25, 0.3) is 0 Å². The van der Waals surface area contributed by atoms with Crippen molar-refractivity contribution in [2.75, 3.05) is 33.9 Å². The number of cyclic esters (lactones) is 1. The van der Waals surface area contributed by atoms with Gasteiger partial charge in [0.1, 0.15) is 17.8 Å².